The third-order valence-corrected chi connectivity index (χ3v) is 3.53. The first-order chi connectivity index (χ1) is 9.97. The average molecular weight is 287 g/mol. The Morgan fingerprint density at radius 3 is 2.76 bits per heavy atom. The Morgan fingerprint density at radius 1 is 1.24 bits per heavy atom. The van der Waals surface area contributed by atoms with Crippen molar-refractivity contribution < 1.29 is 4.52 Å². The van der Waals surface area contributed by atoms with Gasteiger partial charge in [-0.3, -0.25) is 0 Å². The van der Waals surface area contributed by atoms with Crippen LogP contribution in [0.15, 0.2) is 10.7 Å². The molecule has 0 atom stereocenters. The highest BCUT2D eigenvalue weighted by molar-refractivity contribution is 5.39. The summed E-state index contributed by atoms with van der Waals surface area (Å²) in [4.78, 5) is 15.7. The molecule has 0 spiro atoms. The summed E-state index contributed by atoms with van der Waals surface area (Å²) in [5.41, 5.74) is 2.17. The SMILES string of the molecule is CCCc1nc(N2Cc3cnc(C(C)(C)C)nc3C2)no1. The van der Waals surface area contributed by atoms with Crippen LogP contribution in [0.1, 0.15) is 57.1 Å². The maximum Gasteiger partial charge on any atom is 0.266 e. The highest BCUT2D eigenvalue weighted by atomic mass is 16.5. The number of hydrogen-bond acceptors (Lipinski definition) is 6. The van der Waals surface area contributed by atoms with Crippen molar-refractivity contribution in [1.82, 2.24) is 20.1 Å². The van der Waals surface area contributed by atoms with Gasteiger partial charge in [-0.25, -0.2) is 9.97 Å². The first-order valence-corrected chi connectivity index (χ1v) is 7.40. The van der Waals surface area contributed by atoms with Gasteiger partial charge in [0, 0.05) is 30.1 Å². The standard InChI is InChI=1S/C15H21N5O/c1-5-6-12-18-14(19-21-12)20-8-10-7-16-13(15(2,3)4)17-11(10)9-20/h7H,5-6,8-9H2,1-4H3. The molecule has 0 amide bonds. The van der Waals surface area contributed by atoms with E-state index in [0.717, 1.165) is 36.5 Å². The second-order valence-corrected chi connectivity index (χ2v) is 6.51. The summed E-state index contributed by atoms with van der Waals surface area (Å²) in [6.45, 7) is 9.92. The monoisotopic (exact) mass is 287 g/mol. The zero-order valence-electron chi connectivity index (χ0n) is 13.1. The lowest BCUT2D eigenvalue weighted by molar-refractivity contribution is 0.376. The van der Waals surface area contributed by atoms with Crippen LogP contribution in [0.2, 0.25) is 0 Å². The van der Waals surface area contributed by atoms with Gasteiger partial charge in [-0.05, 0) is 11.6 Å². The van der Waals surface area contributed by atoms with Crippen molar-refractivity contribution in [2.45, 2.75) is 59.0 Å². The van der Waals surface area contributed by atoms with Crippen molar-refractivity contribution in [3.63, 3.8) is 0 Å². The zero-order chi connectivity index (χ0) is 15.0. The highest BCUT2D eigenvalue weighted by Gasteiger charge is 2.27. The van der Waals surface area contributed by atoms with Gasteiger partial charge < -0.3 is 9.42 Å². The van der Waals surface area contributed by atoms with E-state index in [0.29, 0.717) is 18.4 Å². The lowest BCUT2D eigenvalue weighted by Gasteiger charge is -2.16. The van der Waals surface area contributed by atoms with Crippen LogP contribution in [0.5, 0.6) is 0 Å². The van der Waals surface area contributed by atoms with E-state index in [2.05, 4.69) is 47.7 Å². The van der Waals surface area contributed by atoms with E-state index in [9.17, 15) is 0 Å². The second-order valence-electron chi connectivity index (χ2n) is 6.51. The van der Waals surface area contributed by atoms with Crippen LogP contribution in [-0.2, 0) is 24.9 Å². The molecule has 0 radical (unpaired) electrons. The number of fused-ring (bicyclic) bond motifs is 1. The fraction of sp³-hybridized carbons (Fsp3) is 0.600. The molecule has 0 saturated heterocycles. The Kier molecular flexibility index (Phi) is 3.39. The molecule has 0 bridgehead atoms. The minimum absolute atomic E-state index is 0.0388. The fourth-order valence-corrected chi connectivity index (χ4v) is 2.35. The topological polar surface area (TPSA) is 67.9 Å². The van der Waals surface area contributed by atoms with E-state index in [1.807, 2.05) is 6.20 Å². The average Bonchev–Trinajstić information content (AvgIpc) is 3.02. The third-order valence-electron chi connectivity index (χ3n) is 3.53. The molecule has 1 aliphatic rings. The molecule has 6 nitrogen and oxygen atoms in total. The molecule has 0 saturated carbocycles. The number of nitrogens with zero attached hydrogens (tertiary/aromatic N) is 5. The molecule has 0 aromatic carbocycles. The Labute approximate surface area is 124 Å². The van der Waals surface area contributed by atoms with Gasteiger partial charge in [0.25, 0.3) is 5.95 Å². The summed E-state index contributed by atoms with van der Waals surface area (Å²) in [5, 5.41) is 4.06. The number of anilines is 1. The van der Waals surface area contributed by atoms with E-state index >= 15 is 0 Å². The van der Waals surface area contributed by atoms with Crippen molar-refractivity contribution in [3.8, 4) is 0 Å². The highest BCUT2D eigenvalue weighted by Crippen LogP contribution is 2.27. The van der Waals surface area contributed by atoms with Crippen LogP contribution >= 0.6 is 0 Å². The van der Waals surface area contributed by atoms with Crippen molar-refractivity contribution in [1.29, 1.82) is 0 Å². The third kappa shape index (κ3) is 2.75. The summed E-state index contributed by atoms with van der Waals surface area (Å²) in [7, 11) is 0. The van der Waals surface area contributed by atoms with Gasteiger partial charge >= 0.3 is 0 Å². The van der Waals surface area contributed by atoms with Gasteiger partial charge in [0.05, 0.1) is 12.2 Å². The second kappa shape index (κ2) is 5.09. The molecule has 2 aromatic rings. The Morgan fingerprint density at radius 2 is 2.05 bits per heavy atom. The van der Waals surface area contributed by atoms with Gasteiger partial charge in [0.15, 0.2) is 0 Å². The predicted octanol–water partition coefficient (Wildman–Crippen LogP) is 2.63. The molecule has 112 valence electrons. The number of aromatic nitrogens is 4. The predicted molar refractivity (Wildman–Crippen MR) is 78.9 cm³/mol. The fourth-order valence-electron chi connectivity index (χ4n) is 2.35. The molecule has 3 heterocycles. The summed E-state index contributed by atoms with van der Waals surface area (Å²) < 4.78 is 5.26. The minimum Gasteiger partial charge on any atom is -0.337 e. The molecule has 0 aliphatic carbocycles. The smallest absolute Gasteiger partial charge is 0.266 e. The molecule has 1 aliphatic heterocycles. The lowest BCUT2D eigenvalue weighted by Crippen LogP contribution is -2.17. The summed E-state index contributed by atoms with van der Waals surface area (Å²) >= 11 is 0. The zero-order valence-corrected chi connectivity index (χ0v) is 13.1. The number of hydrogen-bond donors (Lipinski definition) is 0. The molecule has 2 aromatic heterocycles. The van der Waals surface area contributed by atoms with Crippen LogP contribution in [0.3, 0.4) is 0 Å². The number of rotatable bonds is 3. The van der Waals surface area contributed by atoms with Crippen LogP contribution in [0, 0.1) is 0 Å². The van der Waals surface area contributed by atoms with Crippen molar-refractivity contribution >= 4 is 5.95 Å². The Hall–Kier alpha value is -1.98. The Balaban J connectivity index is 1.80. The van der Waals surface area contributed by atoms with Crippen molar-refractivity contribution in [2.75, 3.05) is 4.90 Å². The van der Waals surface area contributed by atoms with Crippen LogP contribution < -0.4 is 4.90 Å². The molecule has 21 heavy (non-hydrogen) atoms. The molecule has 0 N–H and O–H groups in total. The largest absolute Gasteiger partial charge is 0.337 e. The van der Waals surface area contributed by atoms with Gasteiger partial charge in [0.1, 0.15) is 5.82 Å². The van der Waals surface area contributed by atoms with E-state index in [4.69, 9.17) is 9.51 Å². The molecule has 3 rings (SSSR count). The summed E-state index contributed by atoms with van der Waals surface area (Å²) in [6, 6.07) is 0. The molecular weight excluding hydrogens is 266 g/mol. The molecular formula is C15H21N5O. The van der Waals surface area contributed by atoms with E-state index < -0.39 is 0 Å². The van der Waals surface area contributed by atoms with E-state index in [1.54, 1.807) is 0 Å². The van der Waals surface area contributed by atoms with Gasteiger partial charge in [-0.15, -0.1) is 0 Å². The van der Waals surface area contributed by atoms with Crippen molar-refractivity contribution in [3.05, 3.63) is 29.2 Å². The normalized spacial score (nSPS) is 14.6. The lowest BCUT2D eigenvalue weighted by atomic mass is 9.95. The molecule has 6 heteroatoms. The van der Waals surface area contributed by atoms with Crippen molar-refractivity contribution in [2.24, 2.45) is 0 Å². The maximum atomic E-state index is 5.26. The molecule has 0 unspecified atom stereocenters. The van der Waals surface area contributed by atoms with Crippen LogP contribution in [-0.4, -0.2) is 20.1 Å². The summed E-state index contributed by atoms with van der Waals surface area (Å²) in [6.07, 6.45) is 3.75. The Bertz CT molecular complexity index is 644. The van der Waals surface area contributed by atoms with Gasteiger partial charge in [-0.1, -0.05) is 27.7 Å². The number of aryl methyl sites for hydroxylation is 1. The van der Waals surface area contributed by atoms with Gasteiger partial charge in [-0.2, -0.15) is 4.98 Å². The first-order valence-electron chi connectivity index (χ1n) is 7.40. The van der Waals surface area contributed by atoms with Gasteiger partial charge in [0.2, 0.25) is 5.89 Å². The van der Waals surface area contributed by atoms with E-state index in [-0.39, 0.29) is 5.41 Å². The summed E-state index contributed by atoms with van der Waals surface area (Å²) in [5.74, 6) is 2.22. The maximum absolute atomic E-state index is 5.26. The van der Waals surface area contributed by atoms with E-state index in [1.165, 1.54) is 0 Å². The quantitative estimate of drug-likeness (QED) is 0.864. The van der Waals surface area contributed by atoms with Crippen LogP contribution in [0.25, 0.3) is 0 Å². The molecule has 0 fully saturated rings. The van der Waals surface area contributed by atoms with Crippen LogP contribution in [0.4, 0.5) is 5.95 Å². The first kappa shape index (κ1) is 14.0. The minimum atomic E-state index is -0.0388.